The van der Waals surface area contributed by atoms with Crippen molar-refractivity contribution in [3.05, 3.63) is 18.5 Å². The molecule has 20 heavy (non-hydrogen) atoms. The molecule has 8 nitrogen and oxygen atoms in total. The summed E-state index contributed by atoms with van der Waals surface area (Å²) in [4.78, 5) is 12.6. The Labute approximate surface area is 115 Å². The molecule has 2 aliphatic rings. The van der Waals surface area contributed by atoms with E-state index in [2.05, 4.69) is 25.4 Å². The van der Waals surface area contributed by atoms with Crippen LogP contribution in [0.4, 0.5) is 11.9 Å². The molecule has 2 aliphatic heterocycles. The second-order valence-electron chi connectivity index (χ2n) is 5.13. The SMILES string of the molecule is Nc1nc(NC2CC3CCC2O3)nc(-n2cccn2)n1. The molecule has 0 amide bonds. The van der Waals surface area contributed by atoms with Gasteiger partial charge in [0, 0.05) is 12.4 Å². The Balaban J connectivity index is 1.59. The van der Waals surface area contributed by atoms with Crippen molar-refractivity contribution in [2.75, 3.05) is 11.1 Å². The zero-order valence-corrected chi connectivity index (χ0v) is 10.8. The van der Waals surface area contributed by atoms with E-state index in [0.717, 1.165) is 19.3 Å². The van der Waals surface area contributed by atoms with Gasteiger partial charge in [-0.25, -0.2) is 4.68 Å². The Morgan fingerprint density at radius 2 is 2.25 bits per heavy atom. The van der Waals surface area contributed by atoms with Crippen molar-refractivity contribution in [2.45, 2.75) is 37.5 Å². The number of ether oxygens (including phenoxy) is 1. The van der Waals surface area contributed by atoms with Crippen molar-refractivity contribution in [1.82, 2.24) is 24.7 Å². The molecule has 4 rings (SSSR count). The molecule has 3 N–H and O–H groups in total. The van der Waals surface area contributed by atoms with E-state index in [0.29, 0.717) is 18.0 Å². The fraction of sp³-hybridized carbons (Fsp3) is 0.500. The highest BCUT2D eigenvalue weighted by molar-refractivity contribution is 5.36. The van der Waals surface area contributed by atoms with Crippen LogP contribution in [0.15, 0.2) is 18.5 Å². The minimum atomic E-state index is 0.178. The van der Waals surface area contributed by atoms with Crippen molar-refractivity contribution < 1.29 is 4.74 Å². The van der Waals surface area contributed by atoms with Gasteiger partial charge >= 0.3 is 0 Å². The van der Waals surface area contributed by atoms with E-state index in [1.165, 1.54) is 0 Å². The number of nitrogens with zero attached hydrogens (tertiary/aromatic N) is 5. The summed E-state index contributed by atoms with van der Waals surface area (Å²) >= 11 is 0. The second kappa shape index (κ2) is 4.41. The van der Waals surface area contributed by atoms with E-state index in [9.17, 15) is 0 Å². The van der Waals surface area contributed by atoms with Gasteiger partial charge in [-0.3, -0.25) is 0 Å². The van der Waals surface area contributed by atoms with Gasteiger partial charge in [-0.2, -0.15) is 20.1 Å². The maximum Gasteiger partial charge on any atom is 0.257 e. The molecule has 2 aromatic rings. The molecular weight excluding hydrogens is 258 g/mol. The van der Waals surface area contributed by atoms with E-state index < -0.39 is 0 Å². The minimum Gasteiger partial charge on any atom is -0.373 e. The van der Waals surface area contributed by atoms with E-state index in [1.807, 2.05) is 0 Å². The fourth-order valence-electron chi connectivity index (χ4n) is 2.89. The minimum absolute atomic E-state index is 0.178. The topological polar surface area (TPSA) is 104 Å². The molecule has 2 bridgehead atoms. The molecule has 8 heteroatoms. The number of anilines is 2. The third-order valence-corrected chi connectivity index (χ3v) is 3.77. The highest BCUT2D eigenvalue weighted by atomic mass is 16.5. The number of nitrogens with one attached hydrogen (secondary N) is 1. The van der Waals surface area contributed by atoms with E-state index in [1.54, 1.807) is 23.1 Å². The molecule has 0 spiro atoms. The summed E-state index contributed by atoms with van der Waals surface area (Å²) < 4.78 is 7.36. The molecule has 2 saturated heterocycles. The predicted octanol–water partition coefficient (Wildman–Crippen LogP) is 0.371. The van der Waals surface area contributed by atoms with Crippen molar-refractivity contribution >= 4 is 11.9 Å². The molecule has 0 aliphatic carbocycles. The number of nitrogens with two attached hydrogens (primary N) is 1. The van der Waals surface area contributed by atoms with Crippen LogP contribution in [0.2, 0.25) is 0 Å². The lowest BCUT2D eigenvalue weighted by atomic mass is 9.96. The van der Waals surface area contributed by atoms with Crippen LogP contribution in [0.25, 0.3) is 5.95 Å². The smallest absolute Gasteiger partial charge is 0.257 e. The first-order chi connectivity index (χ1) is 9.78. The first kappa shape index (κ1) is 11.6. The number of fused-ring (bicyclic) bond motifs is 2. The summed E-state index contributed by atoms with van der Waals surface area (Å²) in [5, 5.41) is 7.40. The number of hydrogen-bond acceptors (Lipinski definition) is 7. The third-order valence-electron chi connectivity index (χ3n) is 3.77. The van der Waals surface area contributed by atoms with Crippen molar-refractivity contribution in [3.63, 3.8) is 0 Å². The molecule has 4 heterocycles. The summed E-state index contributed by atoms with van der Waals surface area (Å²) in [5.74, 6) is 1.07. The van der Waals surface area contributed by atoms with Crippen LogP contribution < -0.4 is 11.1 Å². The molecular formula is C12H15N7O. The van der Waals surface area contributed by atoms with Gasteiger partial charge in [-0.05, 0) is 25.3 Å². The summed E-state index contributed by atoms with van der Waals surface area (Å²) in [6.07, 6.45) is 7.30. The van der Waals surface area contributed by atoms with Gasteiger partial charge in [-0.1, -0.05) is 0 Å². The van der Waals surface area contributed by atoms with E-state index >= 15 is 0 Å². The molecule has 0 aromatic carbocycles. The summed E-state index contributed by atoms with van der Waals surface area (Å²) in [6, 6.07) is 2.05. The highest BCUT2D eigenvalue weighted by Gasteiger charge is 2.41. The molecule has 2 aromatic heterocycles. The quantitative estimate of drug-likeness (QED) is 0.832. The van der Waals surface area contributed by atoms with Crippen LogP contribution in [-0.2, 0) is 4.74 Å². The molecule has 2 fully saturated rings. The zero-order valence-electron chi connectivity index (χ0n) is 10.8. The van der Waals surface area contributed by atoms with Gasteiger partial charge in [0.05, 0.1) is 18.2 Å². The maximum absolute atomic E-state index is 5.81. The van der Waals surface area contributed by atoms with Crippen molar-refractivity contribution in [2.24, 2.45) is 0 Å². The Bertz CT molecular complexity index is 614. The highest BCUT2D eigenvalue weighted by Crippen LogP contribution is 2.35. The lowest BCUT2D eigenvalue weighted by Gasteiger charge is -2.20. The molecule has 3 unspecified atom stereocenters. The standard InChI is InChI=1S/C12H15N7O/c13-10-16-11(15-8-6-7-2-3-9(8)20-7)18-12(17-10)19-5-1-4-14-19/h1,4-5,7-9H,2-3,6H2,(H3,13,15,16,17,18). The zero-order chi connectivity index (χ0) is 13.5. The predicted molar refractivity (Wildman–Crippen MR) is 71.3 cm³/mol. The van der Waals surface area contributed by atoms with Crippen LogP contribution >= 0.6 is 0 Å². The molecule has 3 atom stereocenters. The Morgan fingerprint density at radius 1 is 1.30 bits per heavy atom. The van der Waals surface area contributed by atoms with Crippen LogP contribution in [0.1, 0.15) is 19.3 Å². The number of hydrogen-bond donors (Lipinski definition) is 2. The largest absolute Gasteiger partial charge is 0.373 e. The first-order valence-corrected chi connectivity index (χ1v) is 6.71. The molecule has 0 radical (unpaired) electrons. The summed E-state index contributed by atoms with van der Waals surface area (Å²) in [5.41, 5.74) is 5.74. The Hall–Kier alpha value is -2.22. The maximum atomic E-state index is 5.81. The van der Waals surface area contributed by atoms with E-state index in [-0.39, 0.29) is 18.1 Å². The average Bonchev–Trinajstić information content (AvgIpc) is 3.16. The first-order valence-electron chi connectivity index (χ1n) is 6.71. The second-order valence-corrected chi connectivity index (χ2v) is 5.13. The van der Waals surface area contributed by atoms with Crippen LogP contribution in [0, 0.1) is 0 Å². The van der Waals surface area contributed by atoms with Crippen molar-refractivity contribution in [3.8, 4) is 5.95 Å². The van der Waals surface area contributed by atoms with Gasteiger partial charge in [0.2, 0.25) is 11.9 Å². The third kappa shape index (κ3) is 1.97. The normalized spacial score (nSPS) is 27.9. The Morgan fingerprint density at radius 3 is 2.95 bits per heavy atom. The van der Waals surface area contributed by atoms with E-state index in [4.69, 9.17) is 10.5 Å². The molecule has 104 valence electrons. The fourth-order valence-corrected chi connectivity index (χ4v) is 2.89. The monoisotopic (exact) mass is 273 g/mol. The number of rotatable bonds is 3. The molecule has 0 saturated carbocycles. The van der Waals surface area contributed by atoms with Crippen LogP contribution in [0.5, 0.6) is 0 Å². The summed E-state index contributed by atoms with van der Waals surface area (Å²) in [7, 11) is 0. The average molecular weight is 273 g/mol. The van der Waals surface area contributed by atoms with Gasteiger partial charge in [0.25, 0.3) is 5.95 Å². The lowest BCUT2D eigenvalue weighted by Crippen LogP contribution is -2.31. The van der Waals surface area contributed by atoms with Crippen LogP contribution in [0.3, 0.4) is 0 Å². The van der Waals surface area contributed by atoms with Gasteiger partial charge in [0.15, 0.2) is 0 Å². The number of aromatic nitrogens is 5. The van der Waals surface area contributed by atoms with Gasteiger partial charge in [0.1, 0.15) is 0 Å². The van der Waals surface area contributed by atoms with Crippen molar-refractivity contribution in [1.29, 1.82) is 0 Å². The Kier molecular flexibility index (Phi) is 2.56. The van der Waals surface area contributed by atoms with Gasteiger partial charge in [-0.15, -0.1) is 0 Å². The van der Waals surface area contributed by atoms with Crippen LogP contribution in [-0.4, -0.2) is 43.0 Å². The summed E-state index contributed by atoms with van der Waals surface area (Å²) in [6.45, 7) is 0. The number of nitrogen functional groups attached to an aromatic ring is 1. The lowest BCUT2D eigenvalue weighted by molar-refractivity contribution is 0.102. The van der Waals surface area contributed by atoms with Gasteiger partial charge < -0.3 is 15.8 Å².